The summed E-state index contributed by atoms with van der Waals surface area (Å²) in [5.41, 5.74) is 1.05. The van der Waals surface area contributed by atoms with Gasteiger partial charge in [-0.1, -0.05) is 40.2 Å². The summed E-state index contributed by atoms with van der Waals surface area (Å²) in [6.07, 6.45) is 2.84. The van der Waals surface area contributed by atoms with Gasteiger partial charge in [0.25, 0.3) is 0 Å². The second-order valence-corrected chi connectivity index (χ2v) is 4.48. The maximum absolute atomic E-state index is 10.5. The van der Waals surface area contributed by atoms with Crippen molar-refractivity contribution in [2.75, 3.05) is 14.1 Å². The van der Waals surface area contributed by atoms with Crippen molar-refractivity contribution in [2.24, 2.45) is 0 Å². The summed E-state index contributed by atoms with van der Waals surface area (Å²) < 4.78 is 0.976. The van der Waals surface area contributed by atoms with Gasteiger partial charge in [0, 0.05) is 10.5 Å². The first kappa shape index (κ1) is 12.9. The quantitative estimate of drug-likeness (QED) is 0.864. The molecular formula is C12H14BrNO2. The van der Waals surface area contributed by atoms with Crippen molar-refractivity contribution in [2.45, 2.75) is 6.04 Å². The normalized spacial score (nSPS) is 13.2. The Morgan fingerprint density at radius 2 is 2.06 bits per heavy atom. The number of rotatable bonds is 4. The van der Waals surface area contributed by atoms with Crippen LogP contribution in [0.15, 0.2) is 40.9 Å². The van der Waals surface area contributed by atoms with Crippen LogP contribution in [0.25, 0.3) is 0 Å². The number of carboxylic acid groups (broad SMARTS) is 1. The van der Waals surface area contributed by atoms with Gasteiger partial charge >= 0.3 is 5.97 Å². The summed E-state index contributed by atoms with van der Waals surface area (Å²) in [4.78, 5) is 12.5. The highest BCUT2D eigenvalue weighted by molar-refractivity contribution is 9.10. The lowest BCUT2D eigenvalue weighted by molar-refractivity contribution is -0.131. The summed E-state index contributed by atoms with van der Waals surface area (Å²) in [5.74, 6) is -0.932. The molecule has 0 saturated heterocycles. The van der Waals surface area contributed by atoms with E-state index in [1.165, 1.54) is 6.08 Å². The lowest BCUT2D eigenvalue weighted by Gasteiger charge is -2.22. The lowest BCUT2D eigenvalue weighted by atomic mass is 10.1. The zero-order chi connectivity index (χ0) is 12.1. The summed E-state index contributed by atoms with van der Waals surface area (Å²) in [6.45, 7) is 0. The zero-order valence-corrected chi connectivity index (χ0v) is 10.8. The monoisotopic (exact) mass is 283 g/mol. The van der Waals surface area contributed by atoms with E-state index in [0.29, 0.717) is 0 Å². The van der Waals surface area contributed by atoms with Gasteiger partial charge in [-0.15, -0.1) is 0 Å². The standard InChI is InChI=1S/C12H14BrNO2/c1-14(2)11(7-8-12(15)16)9-5-3-4-6-10(9)13/h3-8,11H,1-2H3,(H,15,16)/b8-7+. The third kappa shape index (κ3) is 3.47. The fourth-order valence-electron chi connectivity index (χ4n) is 1.44. The van der Waals surface area contributed by atoms with E-state index >= 15 is 0 Å². The first-order valence-electron chi connectivity index (χ1n) is 4.84. The highest BCUT2D eigenvalue weighted by Crippen LogP contribution is 2.27. The number of hydrogen-bond acceptors (Lipinski definition) is 2. The van der Waals surface area contributed by atoms with Crippen molar-refractivity contribution in [3.8, 4) is 0 Å². The minimum Gasteiger partial charge on any atom is -0.478 e. The molecule has 0 fully saturated rings. The smallest absolute Gasteiger partial charge is 0.328 e. The van der Waals surface area contributed by atoms with E-state index in [9.17, 15) is 4.79 Å². The summed E-state index contributed by atoms with van der Waals surface area (Å²) >= 11 is 3.46. The fraction of sp³-hybridized carbons (Fsp3) is 0.250. The molecular weight excluding hydrogens is 270 g/mol. The number of likely N-dealkylation sites (N-methyl/N-ethyl adjacent to an activating group) is 1. The molecule has 0 radical (unpaired) electrons. The topological polar surface area (TPSA) is 40.5 Å². The Hall–Kier alpha value is -1.13. The van der Waals surface area contributed by atoms with Gasteiger partial charge in [-0.05, 0) is 25.7 Å². The van der Waals surface area contributed by atoms with Crippen LogP contribution in [0.2, 0.25) is 0 Å². The highest BCUT2D eigenvalue weighted by Gasteiger charge is 2.13. The number of carbonyl (C=O) groups is 1. The highest BCUT2D eigenvalue weighted by atomic mass is 79.9. The van der Waals surface area contributed by atoms with Crippen LogP contribution in [-0.2, 0) is 4.79 Å². The molecule has 0 amide bonds. The Balaban J connectivity index is 3.03. The fourth-order valence-corrected chi connectivity index (χ4v) is 1.96. The summed E-state index contributed by atoms with van der Waals surface area (Å²) in [7, 11) is 3.83. The van der Waals surface area contributed by atoms with E-state index in [4.69, 9.17) is 5.11 Å². The molecule has 0 heterocycles. The van der Waals surface area contributed by atoms with Gasteiger partial charge in [-0.25, -0.2) is 4.79 Å². The van der Waals surface area contributed by atoms with E-state index < -0.39 is 5.97 Å². The maximum atomic E-state index is 10.5. The van der Waals surface area contributed by atoms with Crippen LogP contribution in [0.4, 0.5) is 0 Å². The van der Waals surface area contributed by atoms with Crippen molar-refractivity contribution in [1.82, 2.24) is 4.90 Å². The van der Waals surface area contributed by atoms with Crippen LogP contribution < -0.4 is 0 Å². The molecule has 0 saturated carbocycles. The Kier molecular flexibility index (Phi) is 4.71. The van der Waals surface area contributed by atoms with Crippen molar-refractivity contribution >= 4 is 21.9 Å². The van der Waals surface area contributed by atoms with Crippen molar-refractivity contribution in [3.63, 3.8) is 0 Å². The van der Waals surface area contributed by atoms with E-state index in [1.54, 1.807) is 6.08 Å². The molecule has 0 bridgehead atoms. The van der Waals surface area contributed by atoms with E-state index in [-0.39, 0.29) is 6.04 Å². The molecule has 0 aromatic heterocycles. The number of carboxylic acids is 1. The van der Waals surface area contributed by atoms with Crippen LogP contribution in [0, 0.1) is 0 Å². The molecule has 1 atom stereocenters. The van der Waals surface area contributed by atoms with Crippen LogP contribution in [-0.4, -0.2) is 30.1 Å². The van der Waals surface area contributed by atoms with Gasteiger partial charge in [0.1, 0.15) is 0 Å². The zero-order valence-electron chi connectivity index (χ0n) is 9.22. The van der Waals surface area contributed by atoms with Crippen LogP contribution in [0.1, 0.15) is 11.6 Å². The molecule has 16 heavy (non-hydrogen) atoms. The molecule has 1 rings (SSSR count). The second kappa shape index (κ2) is 5.82. The van der Waals surface area contributed by atoms with Crippen molar-refractivity contribution < 1.29 is 9.90 Å². The van der Waals surface area contributed by atoms with Gasteiger partial charge in [0.05, 0.1) is 6.04 Å². The second-order valence-electron chi connectivity index (χ2n) is 3.63. The number of halogens is 1. The van der Waals surface area contributed by atoms with Crippen LogP contribution in [0.3, 0.4) is 0 Å². The van der Waals surface area contributed by atoms with Gasteiger partial charge in [-0.3, -0.25) is 4.90 Å². The molecule has 1 aromatic rings. The molecule has 0 aliphatic heterocycles. The number of aliphatic carboxylic acids is 1. The van der Waals surface area contributed by atoms with E-state index in [2.05, 4.69) is 15.9 Å². The SMILES string of the molecule is CN(C)C(/C=C/C(=O)O)c1ccccc1Br. The minimum absolute atomic E-state index is 0.0494. The van der Waals surface area contributed by atoms with Gasteiger partial charge in [0.15, 0.2) is 0 Å². The number of nitrogens with zero attached hydrogens (tertiary/aromatic N) is 1. The van der Waals surface area contributed by atoms with E-state index in [0.717, 1.165) is 10.0 Å². The van der Waals surface area contributed by atoms with Crippen molar-refractivity contribution in [1.29, 1.82) is 0 Å². The van der Waals surface area contributed by atoms with Crippen LogP contribution >= 0.6 is 15.9 Å². The third-order valence-electron chi connectivity index (χ3n) is 2.20. The molecule has 86 valence electrons. The minimum atomic E-state index is -0.932. The molecule has 1 unspecified atom stereocenters. The van der Waals surface area contributed by atoms with E-state index in [1.807, 2.05) is 43.3 Å². The molecule has 0 aliphatic rings. The Morgan fingerprint density at radius 3 is 2.56 bits per heavy atom. The third-order valence-corrected chi connectivity index (χ3v) is 2.92. The van der Waals surface area contributed by atoms with Crippen LogP contribution in [0.5, 0.6) is 0 Å². The Bertz CT molecular complexity index is 402. The molecule has 3 nitrogen and oxygen atoms in total. The number of hydrogen-bond donors (Lipinski definition) is 1. The Labute approximate surface area is 104 Å². The predicted molar refractivity (Wildman–Crippen MR) is 67.3 cm³/mol. The molecule has 4 heteroatoms. The summed E-state index contributed by atoms with van der Waals surface area (Å²) in [5, 5.41) is 8.64. The first-order chi connectivity index (χ1) is 7.52. The average molecular weight is 284 g/mol. The maximum Gasteiger partial charge on any atom is 0.328 e. The molecule has 1 aromatic carbocycles. The largest absolute Gasteiger partial charge is 0.478 e. The van der Waals surface area contributed by atoms with Gasteiger partial charge in [0.2, 0.25) is 0 Å². The lowest BCUT2D eigenvalue weighted by Crippen LogP contribution is -2.18. The van der Waals surface area contributed by atoms with Gasteiger partial charge < -0.3 is 5.11 Å². The Morgan fingerprint density at radius 1 is 1.44 bits per heavy atom. The van der Waals surface area contributed by atoms with Crippen molar-refractivity contribution in [3.05, 3.63) is 46.5 Å². The predicted octanol–water partition coefficient (Wildman–Crippen LogP) is 2.69. The average Bonchev–Trinajstić information content (AvgIpc) is 2.20. The summed E-state index contributed by atoms with van der Waals surface area (Å²) in [6, 6.07) is 7.74. The van der Waals surface area contributed by atoms with Gasteiger partial charge in [-0.2, -0.15) is 0 Å². The molecule has 1 N–H and O–H groups in total. The first-order valence-corrected chi connectivity index (χ1v) is 5.63. The molecule has 0 aliphatic carbocycles. The molecule has 0 spiro atoms. The number of benzene rings is 1.